The van der Waals surface area contributed by atoms with Gasteiger partial charge in [-0.3, -0.25) is 9.69 Å². The molecular weight excluding hydrogens is 434 g/mol. The van der Waals surface area contributed by atoms with Crippen LogP contribution in [0.3, 0.4) is 0 Å². The Morgan fingerprint density at radius 3 is 2.17 bits per heavy atom. The molecule has 1 aliphatic heterocycles. The number of carbonyl (C=O) groups is 1. The number of carbonyl (C=O) groups excluding carboxylic acids is 1. The van der Waals surface area contributed by atoms with Crippen LogP contribution in [0.1, 0.15) is 21.6 Å². The van der Waals surface area contributed by atoms with Crippen molar-refractivity contribution in [3.63, 3.8) is 0 Å². The quantitative estimate of drug-likeness (QED) is 0.446. The largest absolute Gasteiger partial charge is 0.394 e. The maximum absolute atomic E-state index is 14.0. The standard InChI is InChI=1S/C30H31N3O2/c1-23-19-28(29(25-13-7-3-8-14-25)33(23)26-15-9-4-10-16-26)30(35)32-18-17-31(21-27(32)22-34)20-24-11-5-2-6-12-24/h2-16,19,27,34H,17-18,20-22H2,1H3. The number of hydrogen-bond acceptors (Lipinski definition) is 3. The summed E-state index contributed by atoms with van der Waals surface area (Å²) in [7, 11) is 0. The van der Waals surface area contributed by atoms with Gasteiger partial charge in [-0.15, -0.1) is 0 Å². The fourth-order valence-corrected chi connectivity index (χ4v) is 5.08. The fourth-order valence-electron chi connectivity index (χ4n) is 5.08. The molecule has 1 N–H and O–H groups in total. The highest BCUT2D eigenvalue weighted by atomic mass is 16.3. The lowest BCUT2D eigenvalue weighted by Crippen LogP contribution is -2.56. The Balaban J connectivity index is 1.47. The Morgan fingerprint density at radius 1 is 0.886 bits per heavy atom. The number of para-hydroxylation sites is 1. The molecule has 5 rings (SSSR count). The molecule has 3 aromatic carbocycles. The van der Waals surface area contributed by atoms with E-state index in [4.69, 9.17) is 0 Å². The predicted octanol–water partition coefficient (Wildman–Crippen LogP) is 4.77. The number of rotatable bonds is 6. The van der Waals surface area contributed by atoms with Crippen LogP contribution in [0.2, 0.25) is 0 Å². The minimum Gasteiger partial charge on any atom is -0.394 e. The van der Waals surface area contributed by atoms with Gasteiger partial charge >= 0.3 is 0 Å². The summed E-state index contributed by atoms with van der Waals surface area (Å²) in [6.07, 6.45) is 0. The SMILES string of the molecule is Cc1cc(C(=O)N2CCN(Cc3ccccc3)CC2CO)c(-c2ccccc2)n1-c1ccccc1. The van der Waals surface area contributed by atoms with E-state index >= 15 is 0 Å². The van der Waals surface area contributed by atoms with Gasteiger partial charge in [0.1, 0.15) is 0 Å². The lowest BCUT2D eigenvalue weighted by molar-refractivity contribution is 0.0283. The molecule has 2 heterocycles. The zero-order chi connectivity index (χ0) is 24.2. The first-order valence-corrected chi connectivity index (χ1v) is 12.2. The topological polar surface area (TPSA) is 48.7 Å². The highest BCUT2D eigenvalue weighted by Gasteiger charge is 2.33. The predicted molar refractivity (Wildman–Crippen MR) is 140 cm³/mol. The molecule has 1 fully saturated rings. The summed E-state index contributed by atoms with van der Waals surface area (Å²) < 4.78 is 2.15. The molecule has 1 aromatic heterocycles. The first kappa shape index (κ1) is 23.1. The van der Waals surface area contributed by atoms with Gasteiger partial charge in [-0.2, -0.15) is 0 Å². The molecule has 0 bridgehead atoms. The number of aliphatic hydroxyl groups excluding tert-OH is 1. The number of nitrogens with zero attached hydrogens (tertiary/aromatic N) is 3. The van der Waals surface area contributed by atoms with Crippen LogP contribution in [0.25, 0.3) is 16.9 Å². The lowest BCUT2D eigenvalue weighted by Gasteiger charge is -2.40. The second-order valence-electron chi connectivity index (χ2n) is 9.14. The van der Waals surface area contributed by atoms with Gasteiger partial charge < -0.3 is 14.6 Å². The van der Waals surface area contributed by atoms with E-state index in [9.17, 15) is 9.90 Å². The summed E-state index contributed by atoms with van der Waals surface area (Å²) in [5.41, 5.74) is 5.83. The van der Waals surface area contributed by atoms with Crippen molar-refractivity contribution < 1.29 is 9.90 Å². The molecule has 1 amide bonds. The maximum Gasteiger partial charge on any atom is 0.256 e. The average Bonchev–Trinajstić information content (AvgIpc) is 3.26. The molecule has 1 unspecified atom stereocenters. The van der Waals surface area contributed by atoms with Gasteiger partial charge in [0.2, 0.25) is 0 Å². The molecule has 5 heteroatoms. The Hall–Kier alpha value is -3.67. The van der Waals surface area contributed by atoms with Gasteiger partial charge in [0, 0.05) is 37.6 Å². The van der Waals surface area contributed by atoms with E-state index in [-0.39, 0.29) is 18.6 Å². The fraction of sp³-hybridized carbons (Fsp3) is 0.233. The zero-order valence-corrected chi connectivity index (χ0v) is 20.0. The van der Waals surface area contributed by atoms with Crippen LogP contribution in [-0.4, -0.2) is 57.7 Å². The molecule has 0 aliphatic carbocycles. The van der Waals surface area contributed by atoms with E-state index in [1.807, 2.05) is 84.6 Å². The summed E-state index contributed by atoms with van der Waals surface area (Å²) in [5, 5.41) is 10.2. The maximum atomic E-state index is 14.0. The van der Waals surface area contributed by atoms with E-state index in [1.54, 1.807) is 0 Å². The van der Waals surface area contributed by atoms with Gasteiger partial charge in [-0.05, 0) is 36.2 Å². The van der Waals surface area contributed by atoms with Crippen LogP contribution in [0, 0.1) is 6.92 Å². The third-order valence-electron chi connectivity index (χ3n) is 6.76. The molecule has 1 atom stereocenters. The number of benzene rings is 3. The molecular formula is C30H31N3O2. The summed E-state index contributed by atoms with van der Waals surface area (Å²) in [6, 6.07) is 32.3. The molecule has 1 aliphatic rings. The number of aromatic nitrogens is 1. The molecule has 0 spiro atoms. The third-order valence-corrected chi connectivity index (χ3v) is 6.76. The van der Waals surface area contributed by atoms with Crippen molar-refractivity contribution >= 4 is 5.91 Å². The lowest BCUT2D eigenvalue weighted by atomic mass is 10.0. The molecule has 1 saturated heterocycles. The molecule has 178 valence electrons. The second kappa shape index (κ2) is 10.3. The van der Waals surface area contributed by atoms with Crippen molar-refractivity contribution in [1.82, 2.24) is 14.4 Å². The number of hydrogen-bond donors (Lipinski definition) is 1. The van der Waals surface area contributed by atoms with Crippen LogP contribution in [0.5, 0.6) is 0 Å². The van der Waals surface area contributed by atoms with E-state index in [0.717, 1.165) is 35.7 Å². The van der Waals surface area contributed by atoms with Crippen LogP contribution < -0.4 is 0 Å². The first-order chi connectivity index (χ1) is 17.2. The van der Waals surface area contributed by atoms with E-state index in [2.05, 4.69) is 33.7 Å². The van der Waals surface area contributed by atoms with Gasteiger partial charge in [-0.25, -0.2) is 0 Å². The van der Waals surface area contributed by atoms with E-state index in [0.29, 0.717) is 18.7 Å². The normalized spacial score (nSPS) is 16.4. The number of aryl methyl sites for hydroxylation is 1. The molecule has 0 saturated carbocycles. The summed E-state index contributed by atoms with van der Waals surface area (Å²) >= 11 is 0. The van der Waals surface area contributed by atoms with Gasteiger partial charge in [0.25, 0.3) is 5.91 Å². The Kier molecular flexibility index (Phi) is 6.80. The number of piperazine rings is 1. The second-order valence-corrected chi connectivity index (χ2v) is 9.14. The summed E-state index contributed by atoms with van der Waals surface area (Å²) in [4.78, 5) is 18.2. The Labute approximate surface area is 206 Å². The van der Waals surface area contributed by atoms with Gasteiger partial charge in [0.15, 0.2) is 0 Å². The van der Waals surface area contributed by atoms with Crippen molar-refractivity contribution in [3.05, 3.63) is 114 Å². The van der Waals surface area contributed by atoms with Crippen molar-refractivity contribution in [2.45, 2.75) is 19.5 Å². The van der Waals surface area contributed by atoms with Crippen LogP contribution >= 0.6 is 0 Å². The zero-order valence-electron chi connectivity index (χ0n) is 20.0. The van der Waals surface area contributed by atoms with Crippen LogP contribution in [0.15, 0.2) is 97.1 Å². The molecule has 4 aromatic rings. The summed E-state index contributed by atoms with van der Waals surface area (Å²) in [5.74, 6) is -0.0277. The number of aliphatic hydroxyl groups is 1. The van der Waals surface area contributed by atoms with Crippen molar-refractivity contribution in [2.24, 2.45) is 0 Å². The highest BCUT2D eigenvalue weighted by molar-refractivity contribution is 6.01. The van der Waals surface area contributed by atoms with E-state index < -0.39 is 0 Å². The minimum absolute atomic E-state index is 0.0277. The average molecular weight is 466 g/mol. The van der Waals surface area contributed by atoms with Crippen LogP contribution in [0.4, 0.5) is 0 Å². The molecule has 35 heavy (non-hydrogen) atoms. The highest BCUT2D eigenvalue weighted by Crippen LogP contribution is 2.32. The van der Waals surface area contributed by atoms with Gasteiger partial charge in [-0.1, -0.05) is 78.9 Å². The first-order valence-electron chi connectivity index (χ1n) is 12.2. The molecule has 5 nitrogen and oxygen atoms in total. The van der Waals surface area contributed by atoms with Crippen molar-refractivity contribution in [3.8, 4) is 16.9 Å². The van der Waals surface area contributed by atoms with Crippen molar-refractivity contribution in [1.29, 1.82) is 0 Å². The van der Waals surface area contributed by atoms with Crippen LogP contribution in [-0.2, 0) is 6.54 Å². The minimum atomic E-state index is -0.246. The summed E-state index contributed by atoms with van der Waals surface area (Å²) in [6.45, 7) is 4.80. The number of amides is 1. The third kappa shape index (κ3) is 4.78. The van der Waals surface area contributed by atoms with Crippen molar-refractivity contribution in [2.75, 3.05) is 26.2 Å². The van der Waals surface area contributed by atoms with E-state index in [1.165, 1.54) is 5.56 Å². The smallest absolute Gasteiger partial charge is 0.256 e. The Bertz CT molecular complexity index is 1270. The monoisotopic (exact) mass is 465 g/mol. The van der Waals surface area contributed by atoms with Gasteiger partial charge in [0.05, 0.1) is 23.9 Å². The molecule has 0 radical (unpaired) electrons. The Morgan fingerprint density at radius 2 is 1.51 bits per heavy atom.